The van der Waals surface area contributed by atoms with Crippen LogP contribution in [-0.4, -0.2) is 22.5 Å². The van der Waals surface area contributed by atoms with Gasteiger partial charge < -0.3 is 10.5 Å². The molecule has 1 amide bonds. The van der Waals surface area contributed by atoms with Crippen LogP contribution in [0.25, 0.3) is 0 Å². The lowest BCUT2D eigenvalue weighted by Crippen LogP contribution is -2.14. The average molecular weight is 202 g/mol. The summed E-state index contributed by atoms with van der Waals surface area (Å²) in [4.78, 5) is 18.2. The molecule has 0 aliphatic rings. The minimum atomic E-state index is -0.639. The van der Waals surface area contributed by atoms with Crippen LogP contribution in [0.5, 0.6) is 5.88 Å². The van der Waals surface area contributed by atoms with Gasteiger partial charge in [0.2, 0.25) is 11.2 Å². The van der Waals surface area contributed by atoms with Gasteiger partial charge in [-0.15, -0.1) is 0 Å². The van der Waals surface area contributed by atoms with E-state index in [1.807, 2.05) is 0 Å². The van der Waals surface area contributed by atoms with Gasteiger partial charge in [0.05, 0.1) is 6.61 Å². The van der Waals surface area contributed by atoms with Gasteiger partial charge in [-0.3, -0.25) is 4.79 Å². The van der Waals surface area contributed by atoms with Crippen LogP contribution in [0.3, 0.4) is 0 Å². The molecule has 2 N–H and O–H groups in total. The maximum atomic E-state index is 10.8. The van der Waals surface area contributed by atoms with Gasteiger partial charge in [-0.05, 0) is 18.5 Å². The van der Waals surface area contributed by atoms with E-state index < -0.39 is 5.91 Å². The summed E-state index contributed by atoms with van der Waals surface area (Å²) in [5, 5.41) is 0.0217. The second-order valence-corrected chi connectivity index (χ2v) is 2.49. The molecule has 0 atom stereocenters. The molecule has 1 aromatic heterocycles. The molecule has 0 spiro atoms. The molecule has 0 radical (unpaired) electrons. The highest BCUT2D eigenvalue weighted by Crippen LogP contribution is 2.15. The normalized spacial score (nSPS) is 9.69. The minimum Gasteiger partial charge on any atom is -0.477 e. The molecule has 1 heterocycles. The number of nitrogens with two attached hydrogens (primary N) is 1. The zero-order valence-corrected chi connectivity index (χ0v) is 7.71. The van der Waals surface area contributed by atoms with Gasteiger partial charge in [0.15, 0.2) is 0 Å². The van der Waals surface area contributed by atoms with Gasteiger partial charge in [-0.25, -0.2) is 4.98 Å². The smallest absolute Gasteiger partial charge is 0.255 e. The Morgan fingerprint density at radius 3 is 3.00 bits per heavy atom. The number of carbonyl (C=O) groups excluding carboxylic acids is 1. The van der Waals surface area contributed by atoms with Crippen LogP contribution in [-0.2, 0) is 0 Å². The number of hydrogen-bond donors (Lipinski definition) is 1. The number of hydrogen-bond acceptors (Lipinski definition) is 4. The molecule has 0 aliphatic carbocycles. The third kappa shape index (κ3) is 2.29. The summed E-state index contributed by atoms with van der Waals surface area (Å²) in [6.45, 7) is 2.15. The van der Waals surface area contributed by atoms with Crippen molar-refractivity contribution in [2.24, 2.45) is 5.73 Å². The molecule has 1 rings (SSSR count). The van der Waals surface area contributed by atoms with Crippen molar-refractivity contribution in [2.75, 3.05) is 6.61 Å². The second-order valence-electron chi connectivity index (χ2n) is 2.16. The Hall–Kier alpha value is -1.36. The van der Waals surface area contributed by atoms with E-state index in [1.54, 1.807) is 6.92 Å². The molecule has 13 heavy (non-hydrogen) atoms. The molecule has 0 aliphatic heterocycles. The highest BCUT2D eigenvalue weighted by atomic mass is 35.5. The second kappa shape index (κ2) is 4.04. The first-order valence-corrected chi connectivity index (χ1v) is 3.98. The van der Waals surface area contributed by atoms with Crippen LogP contribution >= 0.6 is 11.6 Å². The Labute approximate surface area is 79.9 Å². The highest BCUT2D eigenvalue weighted by Gasteiger charge is 2.11. The number of nitrogens with zero attached hydrogens (tertiary/aromatic N) is 2. The van der Waals surface area contributed by atoms with Crippen molar-refractivity contribution in [3.63, 3.8) is 0 Å². The molecule has 0 saturated carbocycles. The lowest BCUT2D eigenvalue weighted by molar-refractivity contribution is 0.0995. The SMILES string of the molecule is CCOc1nc(Cl)ncc1C(N)=O. The van der Waals surface area contributed by atoms with E-state index in [9.17, 15) is 4.79 Å². The Bertz CT molecular complexity index is 330. The molecular formula is C7H8ClN3O2. The summed E-state index contributed by atoms with van der Waals surface area (Å²) in [5.74, 6) is -0.518. The van der Waals surface area contributed by atoms with E-state index in [0.717, 1.165) is 0 Å². The topological polar surface area (TPSA) is 78.1 Å². The fourth-order valence-corrected chi connectivity index (χ4v) is 0.887. The Morgan fingerprint density at radius 2 is 2.46 bits per heavy atom. The zero-order valence-electron chi connectivity index (χ0n) is 6.95. The summed E-state index contributed by atoms with van der Waals surface area (Å²) >= 11 is 5.50. The van der Waals surface area contributed by atoms with Crippen LogP contribution in [0, 0.1) is 0 Å². The van der Waals surface area contributed by atoms with Crippen molar-refractivity contribution < 1.29 is 9.53 Å². The van der Waals surface area contributed by atoms with Gasteiger partial charge in [0.25, 0.3) is 5.91 Å². The van der Waals surface area contributed by atoms with Crippen LogP contribution in [0.4, 0.5) is 0 Å². The number of amides is 1. The summed E-state index contributed by atoms with van der Waals surface area (Å²) in [6, 6.07) is 0. The van der Waals surface area contributed by atoms with E-state index >= 15 is 0 Å². The number of rotatable bonds is 3. The molecular weight excluding hydrogens is 194 g/mol. The first kappa shape index (κ1) is 9.73. The molecule has 0 saturated heterocycles. The molecule has 0 unspecified atom stereocenters. The molecule has 5 nitrogen and oxygen atoms in total. The van der Waals surface area contributed by atoms with Crippen LogP contribution in [0.2, 0.25) is 5.28 Å². The summed E-state index contributed by atoms with van der Waals surface area (Å²) < 4.78 is 5.04. The maximum Gasteiger partial charge on any atom is 0.255 e. The van der Waals surface area contributed by atoms with Crippen molar-refractivity contribution in [3.05, 3.63) is 17.0 Å². The number of aromatic nitrogens is 2. The van der Waals surface area contributed by atoms with Crippen LogP contribution < -0.4 is 10.5 Å². The predicted molar refractivity (Wildman–Crippen MR) is 46.7 cm³/mol. The lowest BCUT2D eigenvalue weighted by atomic mass is 10.3. The van der Waals surface area contributed by atoms with Crippen LogP contribution in [0.1, 0.15) is 17.3 Å². The first-order chi connectivity index (χ1) is 6.15. The Kier molecular flexibility index (Phi) is 3.02. The minimum absolute atomic E-state index is 0.0217. The third-order valence-corrected chi connectivity index (χ3v) is 1.45. The largest absolute Gasteiger partial charge is 0.477 e. The van der Waals surface area contributed by atoms with Crippen LogP contribution in [0.15, 0.2) is 6.20 Å². The monoisotopic (exact) mass is 201 g/mol. The van der Waals surface area contributed by atoms with E-state index in [-0.39, 0.29) is 16.7 Å². The van der Waals surface area contributed by atoms with Gasteiger partial charge in [-0.2, -0.15) is 4.98 Å². The molecule has 70 valence electrons. The quantitative estimate of drug-likeness (QED) is 0.728. The average Bonchev–Trinajstić information content (AvgIpc) is 2.04. The first-order valence-electron chi connectivity index (χ1n) is 3.60. The lowest BCUT2D eigenvalue weighted by Gasteiger charge is -2.04. The number of carbonyl (C=O) groups is 1. The molecule has 0 aromatic carbocycles. The predicted octanol–water partition coefficient (Wildman–Crippen LogP) is 0.628. The molecule has 0 bridgehead atoms. The standard InChI is InChI=1S/C7H8ClN3O2/c1-2-13-6-4(5(9)12)3-10-7(8)11-6/h3H,2H2,1H3,(H2,9,12). The van der Waals surface area contributed by atoms with Crippen molar-refractivity contribution in [2.45, 2.75) is 6.92 Å². The molecule has 1 aromatic rings. The fourth-order valence-electron chi connectivity index (χ4n) is 0.762. The fraction of sp³-hybridized carbons (Fsp3) is 0.286. The van der Waals surface area contributed by atoms with E-state index in [4.69, 9.17) is 22.1 Å². The van der Waals surface area contributed by atoms with Crippen molar-refractivity contribution in [3.8, 4) is 5.88 Å². The van der Waals surface area contributed by atoms with E-state index in [2.05, 4.69) is 9.97 Å². The van der Waals surface area contributed by atoms with E-state index in [0.29, 0.717) is 6.61 Å². The number of primary amides is 1. The van der Waals surface area contributed by atoms with Crippen molar-refractivity contribution in [1.29, 1.82) is 0 Å². The van der Waals surface area contributed by atoms with Gasteiger partial charge in [0, 0.05) is 6.20 Å². The van der Waals surface area contributed by atoms with Gasteiger partial charge >= 0.3 is 0 Å². The number of ether oxygens (including phenoxy) is 1. The zero-order chi connectivity index (χ0) is 9.84. The number of halogens is 1. The summed E-state index contributed by atoms with van der Waals surface area (Å²) in [6.07, 6.45) is 1.24. The molecule has 0 fully saturated rings. The maximum absolute atomic E-state index is 10.8. The highest BCUT2D eigenvalue weighted by molar-refractivity contribution is 6.28. The summed E-state index contributed by atoms with van der Waals surface area (Å²) in [5.41, 5.74) is 5.18. The van der Waals surface area contributed by atoms with Gasteiger partial charge in [0.1, 0.15) is 5.56 Å². The van der Waals surface area contributed by atoms with Gasteiger partial charge in [-0.1, -0.05) is 0 Å². The molecule has 6 heteroatoms. The van der Waals surface area contributed by atoms with Crippen molar-refractivity contribution in [1.82, 2.24) is 9.97 Å². The van der Waals surface area contributed by atoms with Crippen molar-refractivity contribution >= 4 is 17.5 Å². The van der Waals surface area contributed by atoms with E-state index in [1.165, 1.54) is 6.20 Å². The third-order valence-electron chi connectivity index (χ3n) is 1.27. The summed E-state index contributed by atoms with van der Waals surface area (Å²) in [7, 11) is 0. The Balaban J connectivity index is 3.10. The Morgan fingerprint density at radius 1 is 1.77 bits per heavy atom.